The zero-order valence-electron chi connectivity index (χ0n) is 17.4. The molecule has 2 unspecified atom stereocenters. The molecule has 1 heterocycles. The van der Waals surface area contributed by atoms with E-state index in [9.17, 15) is 18.0 Å². The third-order valence-electron chi connectivity index (χ3n) is 4.99. The first kappa shape index (κ1) is 21.8. The number of carbonyl (C=O) groups is 2. The van der Waals surface area contributed by atoms with Gasteiger partial charge in [-0.15, -0.1) is 0 Å². The number of likely N-dealkylation sites (tertiary alicyclic amines) is 1. The molecule has 1 aliphatic rings. The molecule has 2 amide bonds. The van der Waals surface area contributed by atoms with Crippen LogP contribution >= 0.6 is 0 Å². The minimum Gasteiger partial charge on any atom is -0.338 e. The van der Waals surface area contributed by atoms with Crippen LogP contribution in [0.1, 0.15) is 41.0 Å². The minimum absolute atomic E-state index is 0.100. The Labute approximate surface area is 177 Å². The Morgan fingerprint density at radius 3 is 2.33 bits per heavy atom. The highest BCUT2D eigenvalue weighted by molar-refractivity contribution is 7.92. The van der Waals surface area contributed by atoms with Gasteiger partial charge in [-0.3, -0.25) is 14.3 Å². The Hall–Kier alpha value is -2.87. The molecule has 30 heavy (non-hydrogen) atoms. The van der Waals surface area contributed by atoms with Gasteiger partial charge in [0.25, 0.3) is 11.8 Å². The fourth-order valence-electron chi connectivity index (χ4n) is 3.91. The second-order valence-electron chi connectivity index (χ2n) is 8.11. The van der Waals surface area contributed by atoms with Crippen LogP contribution in [-0.2, 0) is 10.0 Å². The van der Waals surface area contributed by atoms with E-state index < -0.39 is 15.9 Å². The largest absolute Gasteiger partial charge is 0.338 e. The van der Waals surface area contributed by atoms with Crippen LogP contribution in [0.25, 0.3) is 0 Å². The van der Waals surface area contributed by atoms with Gasteiger partial charge in [0.15, 0.2) is 0 Å². The molecule has 8 heteroatoms. The van der Waals surface area contributed by atoms with Crippen molar-refractivity contribution in [3.8, 4) is 0 Å². The normalized spacial score (nSPS) is 19.2. The van der Waals surface area contributed by atoms with Crippen molar-refractivity contribution >= 4 is 33.2 Å². The van der Waals surface area contributed by atoms with E-state index in [2.05, 4.69) is 23.9 Å². The standard InChI is InChI=1S/C22H27N3O4S/c1-15-11-16(2)14-25(13-15)22(27)19-9-4-5-10-20(19)23-21(26)17-7-6-8-18(12-17)24-30(3,28)29/h4-10,12,15-16,24H,11,13-14H2,1-3H3,(H,23,26). The first-order valence-corrected chi connectivity index (χ1v) is 11.8. The summed E-state index contributed by atoms with van der Waals surface area (Å²) in [5, 5.41) is 2.80. The van der Waals surface area contributed by atoms with Gasteiger partial charge in [0, 0.05) is 24.3 Å². The Bertz CT molecular complexity index is 1040. The Balaban J connectivity index is 1.80. The Morgan fingerprint density at radius 1 is 1.00 bits per heavy atom. The van der Waals surface area contributed by atoms with E-state index in [0.717, 1.165) is 12.7 Å². The first-order valence-electron chi connectivity index (χ1n) is 9.90. The summed E-state index contributed by atoms with van der Waals surface area (Å²) < 4.78 is 25.2. The summed E-state index contributed by atoms with van der Waals surface area (Å²) in [7, 11) is -3.45. The summed E-state index contributed by atoms with van der Waals surface area (Å²) >= 11 is 0. The number of nitrogens with one attached hydrogen (secondary N) is 2. The van der Waals surface area contributed by atoms with E-state index in [1.807, 2.05) is 4.90 Å². The number of carbonyl (C=O) groups excluding carboxylic acids is 2. The number of benzene rings is 2. The number of para-hydroxylation sites is 1. The summed E-state index contributed by atoms with van der Waals surface area (Å²) in [5.41, 5.74) is 1.45. The van der Waals surface area contributed by atoms with Gasteiger partial charge in [0.05, 0.1) is 17.5 Å². The number of sulfonamides is 1. The molecule has 0 bridgehead atoms. The maximum Gasteiger partial charge on any atom is 0.255 e. The molecule has 3 rings (SSSR count). The highest BCUT2D eigenvalue weighted by Gasteiger charge is 2.27. The maximum absolute atomic E-state index is 13.1. The molecule has 1 aliphatic heterocycles. The molecule has 2 aromatic carbocycles. The van der Waals surface area contributed by atoms with Crippen molar-refractivity contribution in [3.63, 3.8) is 0 Å². The van der Waals surface area contributed by atoms with Gasteiger partial charge in [-0.05, 0) is 48.6 Å². The van der Waals surface area contributed by atoms with Gasteiger partial charge < -0.3 is 10.2 Å². The van der Waals surface area contributed by atoms with E-state index in [4.69, 9.17) is 0 Å². The fraction of sp³-hybridized carbons (Fsp3) is 0.364. The number of piperidine rings is 1. The van der Waals surface area contributed by atoms with Crippen molar-refractivity contribution in [2.45, 2.75) is 20.3 Å². The number of hydrogen-bond acceptors (Lipinski definition) is 4. The second kappa shape index (κ2) is 8.87. The molecule has 1 saturated heterocycles. The van der Waals surface area contributed by atoms with E-state index in [0.29, 0.717) is 41.9 Å². The molecule has 2 atom stereocenters. The molecule has 2 aromatic rings. The molecular formula is C22H27N3O4S. The van der Waals surface area contributed by atoms with Gasteiger partial charge in [0.1, 0.15) is 0 Å². The molecular weight excluding hydrogens is 402 g/mol. The van der Waals surface area contributed by atoms with E-state index in [-0.39, 0.29) is 11.5 Å². The molecule has 2 N–H and O–H groups in total. The van der Waals surface area contributed by atoms with Gasteiger partial charge in [-0.2, -0.15) is 0 Å². The first-order chi connectivity index (χ1) is 14.1. The van der Waals surface area contributed by atoms with Crippen LogP contribution in [0, 0.1) is 11.8 Å². The van der Waals surface area contributed by atoms with E-state index in [1.165, 1.54) is 6.07 Å². The molecule has 0 saturated carbocycles. The summed E-state index contributed by atoms with van der Waals surface area (Å²) in [6.45, 7) is 5.68. The smallest absolute Gasteiger partial charge is 0.255 e. The number of rotatable bonds is 5. The minimum atomic E-state index is -3.45. The maximum atomic E-state index is 13.1. The van der Waals surface area contributed by atoms with Crippen molar-refractivity contribution in [1.29, 1.82) is 0 Å². The predicted molar refractivity (Wildman–Crippen MR) is 118 cm³/mol. The number of hydrogen-bond donors (Lipinski definition) is 2. The lowest BCUT2D eigenvalue weighted by molar-refractivity contribution is 0.0624. The quantitative estimate of drug-likeness (QED) is 0.761. The third kappa shape index (κ3) is 5.60. The average molecular weight is 430 g/mol. The van der Waals surface area contributed by atoms with Crippen LogP contribution in [0.5, 0.6) is 0 Å². The molecule has 0 radical (unpaired) electrons. The second-order valence-corrected chi connectivity index (χ2v) is 9.86. The number of anilines is 2. The molecule has 0 aliphatic carbocycles. The summed E-state index contributed by atoms with van der Waals surface area (Å²) in [6, 6.07) is 13.1. The van der Waals surface area contributed by atoms with E-state index in [1.54, 1.807) is 42.5 Å². The zero-order valence-corrected chi connectivity index (χ0v) is 18.2. The fourth-order valence-corrected chi connectivity index (χ4v) is 4.47. The highest BCUT2D eigenvalue weighted by atomic mass is 32.2. The lowest BCUT2D eigenvalue weighted by Gasteiger charge is -2.35. The monoisotopic (exact) mass is 429 g/mol. The SMILES string of the molecule is CC1CC(C)CN(C(=O)c2ccccc2NC(=O)c2cccc(NS(C)(=O)=O)c2)C1. The average Bonchev–Trinajstić information content (AvgIpc) is 2.66. The predicted octanol–water partition coefficient (Wildman–Crippen LogP) is 3.43. The van der Waals surface area contributed by atoms with Crippen LogP contribution < -0.4 is 10.0 Å². The molecule has 0 spiro atoms. The van der Waals surface area contributed by atoms with Crippen LogP contribution in [-0.4, -0.2) is 44.5 Å². The number of nitrogens with zero attached hydrogens (tertiary/aromatic N) is 1. The van der Waals surface area contributed by atoms with Crippen LogP contribution in [0.15, 0.2) is 48.5 Å². The summed E-state index contributed by atoms with van der Waals surface area (Å²) in [5.74, 6) is 0.346. The zero-order chi connectivity index (χ0) is 21.9. The highest BCUT2D eigenvalue weighted by Crippen LogP contribution is 2.25. The lowest BCUT2D eigenvalue weighted by atomic mass is 9.91. The van der Waals surface area contributed by atoms with Crippen molar-refractivity contribution in [1.82, 2.24) is 4.90 Å². The van der Waals surface area contributed by atoms with Crippen molar-refractivity contribution in [2.75, 3.05) is 29.4 Å². The van der Waals surface area contributed by atoms with Gasteiger partial charge in [0.2, 0.25) is 10.0 Å². The van der Waals surface area contributed by atoms with E-state index >= 15 is 0 Å². The van der Waals surface area contributed by atoms with Crippen LogP contribution in [0.4, 0.5) is 11.4 Å². The lowest BCUT2D eigenvalue weighted by Crippen LogP contribution is -2.42. The Kier molecular flexibility index (Phi) is 6.45. The van der Waals surface area contributed by atoms with Gasteiger partial charge in [-0.1, -0.05) is 32.0 Å². The molecule has 7 nitrogen and oxygen atoms in total. The summed E-state index contributed by atoms with van der Waals surface area (Å²) in [6.07, 6.45) is 2.14. The van der Waals surface area contributed by atoms with Crippen molar-refractivity contribution in [2.24, 2.45) is 11.8 Å². The van der Waals surface area contributed by atoms with Crippen LogP contribution in [0.2, 0.25) is 0 Å². The van der Waals surface area contributed by atoms with Crippen LogP contribution in [0.3, 0.4) is 0 Å². The molecule has 1 fully saturated rings. The van der Waals surface area contributed by atoms with Crippen molar-refractivity contribution < 1.29 is 18.0 Å². The number of amides is 2. The molecule has 0 aromatic heterocycles. The topological polar surface area (TPSA) is 95.6 Å². The third-order valence-corrected chi connectivity index (χ3v) is 5.60. The molecule has 160 valence electrons. The summed E-state index contributed by atoms with van der Waals surface area (Å²) in [4.78, 5) is 27.8. The van der Waals surface area contributed by atoms with Gasteiger partial charge in [-0.25, -0.2) is 8.42 Å². The van der Waals surface area contributed by atoms with Gasteiger partial charge >= 0.3 is 0 Å². The Morgan fingerprint density at radius 2 is 1.67 bits per heavy atom. The van der Waals surface area contributed by atoms with Crippen molar-refractivity contribution in [3.05, 3.63) is 59.7 Å².